The lowest BCUT2D eigenvalue weighted by Gasteiger charge is -2.26. The minimum Gasteiger partial charge on any atom is -0.368 e. The maximum atomic E-state index is 11.5. The van der Waals surface area contributed by atoms with Crippen LogP contribution in [0.3, 0.4) is 0 Å². The lowest BCUT2D eigenvalue weighted by molar-refractivity contribution is -0.124. The monoisotopic (exact) mass is 199 g/mol. The molecule has 1 fully saturated rings. The van der Waals surface area contributed by atoms with Crippen molar-refractivity contribution in [3.63, 3.8) is 0 Å². The Hall–Kier alpha value is -0.610. The molecule has 0 aliphatic carbocycles. The second-order valence-electron chi connectivity index (χ2n) is 4.34. The lowest BCUT2D eigenvalue weighted by Crippen LogP contribution is -2.57. The van der Waals surface area contributed by atoms with Crippen LogP contribution in [-0.2, 0) is 4.79 Å². The number of nitrogens with two attached hydrogens (primary N) is 1. The first-order chi connectivity index (χ1) is 6.52. The quantitative estimate of drug-likeness (QED) is 0.666. The maximum absolute atomic E-state index is 11.5. The van der Waals surface area contributed by atoms with Gasteiger partial charge in [-0.2, -0.15) is 0 Å². The van der Waals surface area contributed by atoms with Crippen molar-refractivity contribution in [3.8, 4) is 0 Å². The van der Waals surface area contributed by atoms with Crippen LogP contribution in [0.25, 0.3) is 0 Å². The average molecular weight is 199 g/mol. The van der Waals surface area contributed by atoms with Crippen molar-refractivity contribution in [2.24, 2.45) is 5.73 Å². The molecule has 0 saturated carbocycles. The molecule has 1 aliphatic heterocycles. The maximum Gasteiger partial charge on any atom is 0.239 e. The Morgan fingerprint density at radius 3 is 2.71 bits per heavy atom. The molecule has 2 unspecified atom stereocenters. The van der Waals surface area contributed by atoms with Crippen LogP contribution in [0.4, 0.5) is 0 Å². The standard InChI is InChI=1S/C10H21N3O/c1-4-5-12-10(9(11)14)6-8(2)13(3)7-10/h8,12H,4-7H2,1-3H3,(H2,11,14). The molecule has 2 atom stereocenters. The number of amides is 1. The molecule has 1 aliphatic rings. The van der Waals surface area contributed by atoms with E-state index in [0.717, 1.165) is 25.9 Å². The Morgan fingerprint density at radius 2 is 2.36 bits per heavy atom. The Labute approximate surface area is 85.8 Å². The molecular weight excluding hydrogens is 178 g/mol. The molecule has 1 heterocycles. The molecule has 0 radical (unpaired) electrons. The van der Waals surface area contributed by atoms with Gasteiger partial charge < -0.3 is 16.0 Å². The summed E-state index contributed by atoms with van der Waals surface area (Å²) in [5.41, 5.74) is 4.97. The Balaban J connectivity index is 2.69. The molecule has 1 saturated heterocycles. The number of likely N-dealkylation sites (N-methyl/N-ethyl adjacent to an activating group) is 1. The van der Waals surface area contributed by atoms with Crippen LogP contribution in [0.15, 0.2) is 0 Å². The van der Waals surface area contributed by atoms with Crippen LogP contribution in [-0.4, -0.2) is 42.5 Å². The molecule has 0 aromatic heterocycles. The summed E-state index contributed by atoms with van der Waals surface area (Å²) in [7, 11) is 2.03. The first-order valence-corrected chi connectivity index (χ1v) is 5.27. The SMILES string of the molecule is CCCNC1(C(N)=O)CC(C)N(C)C1. The highest BCUT2D eigenvalue weighted by atomic mass is 16.1. The summed E-state index contributed by atoms with van der Waals surface area (Å²) in [5.74, 6) is -0.220. The van der Waals surface area contributed by atoms with E-state index in [1.165, 1.54) is 0 Å². The predicted molar refractivity (Wildman–Crippen MR) is 56.9 cm³/mol. The van der Waals surface area contributed by atoms with Crippen molar-refractivity contribution in [2.45, 2.75) is 38.3 Å². The smallest absolute Gasteiger partial charge is 0.239 e. The van der Waals surface area contributed by atoms with Crippen LogP contribution in [0.5, 0.6) is 0 Å². The third-order valence-corrected chi connectivity index (χ3v) is 3.10. The van der Waals surface area contributed by atoms with Gasteiger partial charge in [-0.15, -0.1) is 0 Å². The fourth-order valence-corrected chi connectivity index (χ4v) is 2.06. The van der Waals surface area contributed by atoms with Crippen molar-refractivity contribution in [3.05, 3.63) is 0 Å². The van der Waals surface area contributed by atoms with Crippen molar-refractivity contribution in [1.29, 1.82) is 0 Å². The van der Waals surface area contributed by atoms with Crippen molar-refractivity contribution in [2.75, 3.05) is 20.1 Å². The molecule has 0 spiro atoms. The first kappa shape index (κ1) is 11.5. The molecule has 4 nitrogen and oxygen atoms in total. The molecule has 0 aromatic rings. The third-order valence-electron chi connectivity index (χ3n) is 3.10. The Kier molecular flexibility index (Phi) is 3.50. The summed E-state index contributed by atoms with van der Waals surface area (Å²) in [6.45, 7) is 5.79. The number of nitrogens with one attached hydrogen (secondary N) is 1. The van der Waals surface area contributed by atoms with Crippen LogP contribution in [0, 0.1) is 0 Å². The molecule has 82 valence electrons. The molecule has 0 bridgehead atoms. The zero-order valence-corrected chi connectivity index (χ0v) is 9.34. The van der Waals surface area contributed by atoms with Gasteiger partial charge in [0.2, 0.25) is 5.91 Å². The van der Waals surface area contributed by atoms with Crippen LogP contribution in [0.1, 0.15) is 26.7 Å². The van der Waals surface area contributed by atoms with E-state index in [1.54, 1.807) is 0 Å². The van der Waals surface area contributed by atoms with Gasteiger partial charge in [-0.3, -0.25) is 4.79 Å². The number of primary amides is 1. The lowest BCUT2D eigenvalue weighted by atomic mass is 9.95. The van der Waals surface area contributed by atoms with Gasteiger partial charge in [0.15, 0.2) is 0 Å². The highest BCUT2D eigenvalue weighted by Gasteiger charge is 2.44. The molecule has 3 N–H and O–H groups in total. The van der Waals surface area contributed by atoms with Gasteiger partial charge >= 0.3 is 0 Å². The van der Waals surface area contributed by atoms with E-state index in [9.17, 15) is 4.79 Å². The summed E-state index contributed by atoms with van der Waals surface area (Å²) in [4.78, 5) is 13.6. The number of carbonyl (C=O) groups is 1. The van der Waals surface area contributed by atoms with Gasteiger partial charge in [0.1, 0.15) is 5.54 Å². The van der Waals surface area contributed by atoms with Crippen molar-refractivity contribution in [1.82, 2.24) is 10.2 Å². The highest BCUT2D eigenvalue weighted by Crippen LogP contribution is 2.25. The summed E-state index contributed by atoms with van der Waals surface area (Å²) < 4.78 is 0. The van der Waals surface area contributed by atoms with Crippen LogP contribution in [0.2, 0.25) is 0 Å². The highest BCUT2D eigenvalue weighted by molar-refractivity contribution is 5.85. The number of hydrogen-bond donors (Lipinski definition) is 2. The number of rotatable bonds is 4. The minimum absolute atomic E-state index is 0.220. The Morgan fingerprint density at radius 1 is 1.71 bits per heavy atom. The van der Waals surface area contributed by atoms with E-state index in [2.05, 4.69) is 24.1 Å². The van der Waals surface area contributed by atoms with E-state index < -0.39 is 5.54 Å². The average Bonchev–Trinajstić information content (AvgIpc) is 2.41. The predicted octanol–water partition coefficient (Wildman–Crippen LogP) is -0.0659. The summed E-state index contributed by atoms with van der Waals surface area (Å²) in [5, 5.41) is 3.29. The van der Waals surface area contributed by atoms with Gasteiger partial charge in [-0.05, 0) is 33.4 Å². The van der Waals surface area contributed by atoms with Crippen LogP contribution >= 0.6 is 0 Å². The number of carbonyl (C=O) groups excluding carboxylic acids is 1. The molecule has 4 heteroatoms. The largest absolute Gasteiger partial charge is 0.368 e. The zero-order valence-electron chi connectivity index (χ0n) is 9.34. The number of nitrogens with zero attached hydrogens (tertiary/aromatic N) is 1. The topological polar surface area (TPSA) is 58.4 Å². The van der Waals surface area contributed by atoms with Gasteiger partial charge in [0, 0.05) is 12.6 Å². The molecule has 1 amide bonds. The van der Waals surface area contributed by atoms with E-state index in [4.69, 9.17) is 5.73 Å². The Bertz CT molecular complexity index is 207. The van der Waals surface area contributed by atoms with E-state index in [0.29, 0.717) is 6.04 Å². The molecule has 0 aromatic carbocycles. The summed E-state index contributed by atoms with van der Waals surface area (Å²) >= 11 is 0. The third kappa shape index (κ3) is 2.07. The zero-order chi connectivity index (χ0) is 10.8. The van der Waals surface area contributed by atoms with E-state index >= 15 is 0 Å². The minimum atomic E-state index is -0.496. The van der Waals surface area contributed by atoms with Gasteiger partial charge in [0.25, 0.3) is 0 Å². The number of hydrogen-bond acceptors (Lipinski definition) is 3. The fourth-order valence-electron chi connectivity index (χ4n) is 2.06. The van der Waals surface area contributed by atoms with Gasteiger partial charge in [-0.1, -0.05) is 6.92 Å². The fraction of sp³-hybridized carbons (Fsp3) is 0.900. The van der Waals surface area contributed by atoms with Crippen molar-refractivity contribution < 1.29 is 4.79 Å². The normalized spacial score (nSPS) is 33.5. The second kappa shape index (κ2) is 4.28. The van der Waals surface area contributed by atoms with Crippen molar-refractivity contribution >= 4 is 5.91 Å². The first-order valence-electron chi connectivity index (χ1n) is 5.27. The molecular formula is C10H21N3O. The molecule has 1 rings (SSSR count). The second-order valence-corrected chi connectivity index (χ2v) is 4.34. The molecule has 14 heavy (non-hydrogen) atoms. The summed E-state index contributed by atoms with van der Waals surface area (Å²) in [6.07, 6.45) is 1.84. The number of likely N-dealkylation sites (tertiary alicyclic amines) is 1. The van der Waals surface area contributed by atoms with E-state index in [-0.39, 0.29) is 5.91 Å². The van der Waals surface area contributed by atoms with Gasteiger partial charge in [0.05, 0.1) is 0 Å². The van der Waals surface area contributed by atoms with E-state index in [1.807, 2.05) is 7.05 Å². The summed E-state index contributed by atoms with van der Waals surface area (Å²) in [6, 6.07) is 0.423. The van der Waals surface area contributed by atoms with Gasteiger partial charge in [-0.25, -0.2) is 0 Å². The van der Waals surface area contributed by atoms with Crippen LogP contribution < -0.4 is 11.1 Å².